The molecular weight excluding hydrogens is 673 g/mol. The second kappa shape index (κ2) is 14.7. The first-order valence-electron chi connectivity index (χ1n) is 14.3. The van der Waals surface area contributed by atoms with E-state index in [0.717, 1.165) is 18.2 Å². The van der Waals surface area contributed by atoms with Crippen molar-refractivity contribution in [3.8, 4) is 5.75 Å². The Kier molecular flexibility index (Phi) is 11.0. The Hall–Kier alpha value is -2.96. The van der Waals surface area contributed by atoms with Crippen molar-refractivity contribution in [2.45, 2.75) is 81.6 Å². The smallest absolute Gasteiger partial charge is 0.247 e. The third-order valence-corrected chi connectivity index (χ3v) is 8.81. The molecule has 2 aromatic rings. The standard InChI is InChI=1S/C30H32Cl2F2N2O11/c1-11(29(42)35-20-21(37)23(39)28-27(22(20)38)43-10-44-28)5-13-3-4-18(17(34)6-13)46-30-25(41)24(40)26(47-30)12(2)36-45-9-14-7-15(33)8-16(31)19(14)32/h3-8,20-28,30,37-41H,9-10H2,1-2H3,(H,35,42)/t20-,21+,22-,23-,24+,25-,26-,27+,28-,30-/m1/s1. The van der Waals surface area contributed by atoms with E-state index in [-0.39, 0.29) is 51.6 Å². The number of hydrogen-bond acceptors (Lipinski definition) is 12. The molecule has 2 heterocycles. The summed E-state index contributed by atoms with van der Waals surface area (Å²) in [5.74, 6) is -2.55. The largest absolute Gasteiger partial charge is 0.459 e. The van der Waals surface area contributed by atoms with E-state index >= 15 is 4.39 Å². The van der Waals surface area contributed by atoms with Gasteiger partial charge in [0.1, 0.15) is 68.0 Å². The highest BCUT2D eigenvalue weighted by atomic mass is 35.5. The first-order valence-corrected chi connectivity index (χ1v) is 15.1. The summed E-state index contributed by atoms with van der Waals surface area (Å²) in [4.78, 5) is 18.0. The average Bonchev–Trinajstić information content (AvgIpc) is 3.63. The van der Waals surface area contributed by atoms with Gasteiger partial charge >= 0.3 is 0 Å². The van der Waals surface area contributed by atoms with Crippen molar-refractivity contribution in [1.82, 2.24) is 5.32 Å². The molecule has 1 aliphatic carbocycles. The number of carbonyl (C=O) groups is 1. The summed E-state index contributed by atoms with van der Waals surface area (Å²) in [6, 6.07) is 4.59. The number of oxime groups is 1. The summed E-state index contributed by atoms with van der Waals surface area (Å²) in [6.07, 6.45) is -10.7. The van der Waals surface area contributed by atoms with Crippen molar-refractivity contribution in [1.29, 1.82) is 0 Å². The molecular formula is C30H32Cl2F2N2O11. The van der Waals surface area contributed by atoms with Gasteiger partial charge in [0.25, 0.3) is 0 Å². The summed E-state index contributed by atoms with van der Waals surface area (Å²) >= 11 is 11.9. The monoisotopic (exact) mass is 704 g/mol. The SMILES string of the molecule is CC(=Cc1ccc(O[C@@H]2O[C@H](C(C)=NOCc3cc(F)cc(Cl)c3Cl)[C@@H](O)[C@H]2O)c(F)c1)C(=O)N[C@@H]1[C@H](O)[C@@H](O)[C@H]2OCO[C@H]2[C@@H]1O. The summed E-state index contributed by atoms with van der Waals surface area (Å²) in [7, 11) is 0. The molecule has 0 radical (unpaired) electrons. The van der Waals surface area contributed by atoms with Crippen molar-refractivity contribution in [2.75, 3.05) is 6.79 Å². The normalized spacial score (nSPS) is 32.7. The van der Waals surface area contributed by atoms with Crippen LogP contribution in [0.5, 0.6) is 5.75 Å². The quantitative estimate of drug-likeness (QED) is 0.0959. The van der Waals surface area contributed by atoms with E-state index in [1.54, 1.807) is 0 Å². The molecule has 5 rings (SSSR count). The molecule has 0 unspecified atom stereocenters. The van der Waals surface area contributed by atoms with Gasteiger partial charge < -0.3 is 54.6 Å². The van der Waals surface area contributed by atoms with E-state index in [4.69, 9.17) is 47.0 Å². The summed E-state index contributed by atoms with van der Waals surface area (Å²) in [6.45, 7) is 2.43. The Morgan fingerprint density at radius 3 is 2.40 bits per heavy atom. The minimum Gasteiger partial charge on any atom is -0.459 e. The zero-order valence-corrected chi connectivity index (χ0v) is 26.3. The van der Waals surface area contributed by atoms with Gasteiger partial charge in [-0.2, -0.15) is 0 Å². The molecule has 3 fully saturated rings. The molecule has 10 atom stereocenters. The maximum atomic E-state index is 15.0. The Labute approximate surface area is 276 Å². The highest BCUT2D eigenvalue weighted by molar-refractivity contribution is 6.42. The Morgan fingerprint density at radius 2 is 1.70 bits per heavy atom. The van der Waals surface area contributed by atoms with Gasteiger partial charge in [0.15, 0.2) is 11.6 Å². The lowest BCUT2D eigenvalue weighted by molar-refractivity contribution is -0.155. The van der Waals surface area contributed by atoms with Crippen molar-refractivity contribution in [2.24, 2.45) is 5.16 Å². The lowest BCUT2D eigenvalue weighted by atomic mass is 9.83. The molecule has 1 amide bonds. The Morgan fingerprint density at radius 1 is 1.00 bits per heavy atom. The molecule has 3 aliphatic rings. The van der Waals surface area contributed by atoms with E-state index in [2.05, 4.69) is 10.5 Å². The lowest BCUT2D eigenvalue weighted by Gasteiger charge is -2.41. The van der Waals surface area contributed by atoms with Gasteiger partial charge in [0.2, 0.25) is 12.2 Å². The van der Waals surface area contributed by atoms with Crippen LogP contribution in [0.25, 0.3) is 6.08 Å². The van der Waals surface area contributed by atoms with Crippen LogP contribution in [0.2, 0.25) is 10.0 Å². The molecule has 2 saturated heterocycles. The molecule has 0 aromatic heterocycles. The minimum atomic E-state index is -1.60. The van der Waals surface area contributed by atoms with Gasteiger partial charge in [-0.1, -0.05) is 34.4 Å². The summed E-state index contributed by atoms with van der Waals surface area (Å²) in [5, 5.41) is 58.7. The number of nitrogens with one attached hydrogen (secondary N) is 1. The zero-order valence-electron chi connectivity index (χ0n) is 24.8. The molecule has 1 saturated carbocycles. The molecule has 47 heavy (non-hydrogen) atoms. The highest BCUT2D eigenvalue weighted by Crippen LogP contribution is 2.32. The van der Waals surface area contributed by atoms with Crippen LogP contribution in [0, 0.1) is 11.6 Å². The molecule has 13 nitrogen and oxygen atoms in total. The van der Waals surface area contributed by atoms with E-state index in [0.29, 0.717) is 0 Å². The van der Waals surface area contributed by atoms with Crippen LogP contribution in [-0.2, 0) is 30.4 Å². The van der Waals surface area contributed by atoms with E-state index in [1.807, 2.05) is 0 Å². The average molecular weight is 705 g/mol. The fraction of sp³-hybridized carbons (Fsp3) is 0.467. The number of carbonyl (C=O) groups excluding carboxylic acids is 1. The topological polar surface area (TPSA) is 189 Å². The number of fused-ring (bicyclic) bond motifs is 1. The number of ether oxygens (including phenoxy) is 4. The van der Waals surface area contributed by atoms with Gasteiger partial charge in [-0.3, -0.25) is 4.79 Å². The first kappa shape index (κ1) is 35.3. The van der Waals surface area contributed by atoms with E-state index in [9.17, 15) is 34.7 Å². The number of halogens is 4. The van der Waals surface area contributed by atoms with Crippen LogP contribution in [0.3, 0.4) is 0 Å². The van der Waals surface area contributed by atoms with E-state index in [1.165, 1.54) is 32.1 Å². The maximum Gasteiger partial charge on any atom is 0.247 e. The summed E-state index contributed by atoms with van der Waals surface area (Å²) in [5.41, 5.74) is 0.632. The lowest BCUT2D eigenvalue weighted by Crippen LogP contribution is -2.67. The van der Waals surface area contributed by atoms with E-state index < -0.39 is 78.7 Å². The number of hydrogen-bond donors (Lipinski definition) is 6. The number of amides is 1. The van der Waals surface area contributed by atoms with Crippen molar-refractivity contribution in [3.05, 3.63) is 68.7 Å². The molecule has 6 N–H and O–H groups in total. The van der Waals surface area contributed by atoms with Crippen LogP contribution < -0.4 is 10.1 Å². The Bertz CT molecular complexity index is 1550. The fourth-order valence-electron chi connectivity index (χ4n) is 5.42. The first-order chi connectivity index (χ1) is 22.3. The van der Waals surface area contributed by atoms with Crippen LogP contribution in [0.15, 0.2) is 41.1 Å². The van der Waals surface area contributed by atoms with Gasteiger partial charge in [-0.05, 0) is 49.8 Å². The molecule has 0 bridgehead atoms. The minimum absolute atomic E-state index is 0.00736. The maximum absolute atomic E-state index is 15.0. The second-order valence-corrected chi connectivity index (χ2v) is 12.0. The van der Waals surface area contributed by atoms with Crippen molar-refractivity contribution < 1.29 is 62.9 Å². The predicted molar refractivity (Wildman–Crippen MR) is 160 cm³/mol. The highest BCUT2D eigenvalue weighted by Gasteiger charge is 2.53. The molecule has 2 aliphatic heterocycles. The summed E-state index contributed by atoms with van der Waals surface area (Å²) < 4.78 is 50.2. The molecule has 256 valence electrons. The fourth-order valence-corrected chi connectivity index (χ4v) is 5.81. The number of rotatable bonds is 9. The third kappa shape index (κ3) is 7.54. The van der Waals surface area contributed by atoms with Gasteiger partial charge in [0, 0.05) is 11.1 Å². The van der Waals surface area contributed by atoms with Gasteiger partial charge in [0.05, 0.1) is 21.8 Å². The number of aliphatic hydroxyl groups excluding tert-OH is 5. The second-order valence-electron chi connectivity index (χ2n) is 11.3. The van der Waals surface area contributed by atoms with Gasteiger partial charge in [-0.15, -0.1) is 0 Å². The number of benzene rings is 2. The molecule has 2 aromatic carbocycles. The number of aliphatic hydroxyl groups is 5. The van der Waals surface area contributed by atoms with Crippen molar-refractivity contribution >= 4 is 40.9 Å². The zero-order chi connectivity index (χ0) is 34.2. The van der Waals surface area contributed by atoms with Gasteiger partial charge in [-0.25, -0.2) is 8.78 Å². The molecule has 17 heteroatoms. The third-order valence-electron chi connectivity index (χ3n) is 7.97. The number of nitrogens with zero attached hydrogens (tertiary/aromatic N) is 1. The molecule has 0 spiro atoms. The van der Waals surface area contributed by atoms with Crippen LogP contribution in [-0.4, -0.2) is 105 Å². The van der Waals surface area contributed by atoms with Crippen LogP contribution in [0.1, 0.15) is 25.0 Å². The Balaban J connectivity index is 1.18. The van der Waals surface area contributed by atoms with Crippen LogP contribution >= 0.6 is 23.2 Å². The van der Waals surface area contributed by atoms with Crippen molar-refractivity contribution in [3.63, 3.8) is 0 Å². The van der Waals surface area contributed by atoms with Crippen LogP contribution in [0.4, 0.5) is 8.78 Å². The predicted octanol–water partition coefficient (Wildman–Crippen LogP) is 1.42.